The number of nitrogens with zero attached hydrogens (tertiary/aromatic N) is 3. The predicted octanol–water partition coefficient (Wildman–Crippen LogP) is 12.9. The third-order valence-electron chi connectivity index (χ3n) is 9.20. The summed E-state index contributed by atoms with van der Waals surface area (Å²) in [7, 11) is 0. The molecule has 265 valence electrons. The molecule has 0 saturated carbocycles. The molecule has 0 aliphatic heterocycles. The summed E-state index contributed by atoms with van der Waals surface area (Å²) in [6.45, 7) is 18.7. The molecule has 0 bridgehead atoms. The predicted molar refractivity (Wildman–Crippen MR) is 215 cm³/mol. The standard InChI is InChI=1S/C33H31N2OS.C13H12N.Ir/c1-18(2)25-17-34-26(16-24(25)28-19(3)10-8-11-20(28)4)23-13-9-12-21-22-14-15-27-29(31(22)36-30(21)23)35-32(37-27)33(5,6)7;1-10-3-6-12(7-4-10)13-8-5-11(2)9-14-13;/h8-12,14-18H,1-7H3;3-6,8-9H,1-2H3;/q2*-1;/i18D;;. The Labute approximate surface area is 326 Å². The van der Waals surface area contributed by atoms with Gasteiger partial charge in [-0.1, -0.05) is 95.0 Å². The van der Waals surface area contributed by atoms with Gasteiger partial charge in [0.25, 0.3) is 0 Å². The zero-order valence-corrected chi connectivity index (χ0v) is 34.4. The van der Waals surface area contributed by atoms with Gasteiger partial charge >= 0.3 is 0 Å². The second-order valence-electron chi connectivity index (χ2n) is 14.6. The van der Waals surface area contributed by atoms with Gasteiger partial charge in [0.2, 0.25) is 0 Å². The summed E-state index contributed by atoms with van der Waals surface area (Å²) in [5.74, 6) is -0.800. The minimum atomic E-state index is -0.800. The Morgan fingerprint density at radius 2 is 1.50 bits per heavy atom. The molecule has 0 aliphatic rings. The fraction of sp³-hybridized carbons (Fsp3) is 0.239. The van der Waals surface area contributed by atoms with Crippen molar-refractivity contribution in [1.29, 1.82) is 0 Å². The summed E-state index contributed by atoms with van der Waals surface area (Å²) in [6.07, 6.45) is 3.73. The van der Waals surface area contributed by atoms with Crippen molar-refractivity contribution in [2.24, 2.45) is 0 Å². The smallest absolute Gasteiger partial charge is 0.148 e. The molecule has 8 aromatic rings. The molecule has 4 nitrogen and oxygen atoms in total. The van der Waals surface area contributed by atoms with Crippen LogP contribution in [0.4, 0.5) is 0 Å². The molecule has 4 aromatic heterocycles. The van der Waals surface area contributed by atoms with Crippen LogP contribution in [-0.4, -0.2) is 15.0 Å². The van der Waals surface area contributed by atoms with Crippen molar-refractivity contribution in [3.63, 3.8) is 0 Å². The van der Waals surface area contributed by atoms with Gasteiger partial charge in [-0.05, 0) is 77.5 Å². The largest absolute Gasteiger partial charge is 0.498 e. The van der Waals surface area contributed by atoms with E-state index in [1.54, 1.807) is 11.3 Å². The average molecular weight is 879 g/mol. The molecule has 0 spiro atoms. The number of hydrogen-bond donors (Lipinski definition) is 0. The van der Waals surface area contributed by atoms with Crippen LogP contribution in [0, 0.1) is 39.8 Å². The number of rotatable bonds is 4. The van der Waals surface area contributed by atoms with Crippen LogP contribution in [-0.2, 0) is 25.5 Å². The maximum atomic E-state index is 8.83. The van der Waals surface area contributed by atoms with Gasteiger partial charge < -0.3 is 14.4 Å². The zero-order chi connectivity index (χ0) is 36.9. The van der Waals surface area contributed by atoms with Gasteiger partial charge in [-0.25, -0.2) is 4.98 Å². The van der Waals surface area contributed by atoms with Gasteiger partial charge in [0, 0.05) is 44.7 Å². The Morgan fingerprint density at radius 3 is 2.15 bits per heavy atom. The van der Waals surface area contributed by atoms with Gasteiger partial charge in [0.15, 0.2) is 0 Å². The first-order chi connectivity index (χ1) is 24.7. The van der Waals surface area contributed by atoms with Crippen molar-refractivity contribution in [3.05, 3.63) is 136 Å². The molecule has 0 unspecified atom stereocenters. The first-order valence-electron chi connectivity index (χ1n) is 17.8. The molecule has 0 atom stereocenters. The second kappa shape index (κ2) is 14.9. The van der Waals surface area contributed by atoms with E-state index in [0.717, 1.165) is 76.4 Å². The molecule has 6 heteroatoms. The number of fused-ring (bicyclic) bond motifs is 5. The zero-order valence-electron chi connectivity index (χ0n) is 32.2. The van der Waals surface area contributed by atoms with E-state index in [-0.39, 0.29) is 25.5 Å². The molecule has 1 radical (unpaired) electrons. The van der Waals surface area contributed by atoms with Gasteiger partial charge in [0.05, 0.1) is 15.3 Å². The Kier molecular flexibility index (Phi) is 10.3. The number of hydrogen-bond acceptors (Lipinski definition) is 5. The molecule has 4 heterocycles. The normalized spacial score (nSPS) is 12.1. The van der Waals surface area contributed by atoms with Crippen molar-refractivity contribution >= 4 is 43.5 Å². The Hall–Kier alpha value is -4.48. The number of thiazole rings is 1. The topological polar surface area (TPSA) is 51.8 Å². The molecule has 4 aromatic carbocycles. The Morgan fingerprint density at radius 1 is 0.788 bits per heavy atom. The molecule has 0 fully saturated rings. The van der Waals surface area contributed by atoms with Gasteiger partial charge in [-0.15, -0.1) is 64.9 Å². The molecule has 0 aliphatic carbocycles. The average Bonchev–Trinajstić information content (AvgIpc) is 3.71. The van der Waals surface area contributed by atoms with E-state index in [4.69, 9.17) is 15.8 Å². The Balaban J connectivity index is 0.000000269. The third kappa shape index (κ3) is 7.25. The van der Waals surface area contributed by atoms with E-state index >= 15 is 0 Å². The van der Waals surface area contributed by atoms with Crippen LogP contribution >= 0.6 is 11.3 Å². The van der Waals surface area contributed by atoms with E-state index in [1.165, 1.54) is 22.3 Å². The molecule has 52 heavy (non-hydrogen) atoms. The first kappa shape index (κ1) is 35.9. The number of aromatic nitrogens is 3. The number of benzene rings is 4. The fourth-order valence-corrected chi connectivity index (χ4v) is 7.45. The molecular weight excluding hydrogens is 835 g/mol. The van der Waals surface area contributed by atoms with Crippen LogP contribution in [0.15, 0.2) is 95.7 Å². The quantitative estimate of drug-likeness (QED) is 0.165. The second-order valence-corrected chi connectivity index (χ2v) is 15.7. The summed E-state index contributed by atoms with van der Waals surface area (Å²) in [5.41, 5.74) is 13.9. The van der Waals surface area contributed by atoms with Crippen molar-refractivity contribution < 1.29 is 25.9 Å². The molecular formula is C46H43IrN3OS-2. The monoisotopic (exact) mass is 879 g/mol. The Bertz CT molecular complexity index is 2510. The van der Waals surface area contributed by atoms with Crippen LogP contribution in [0.2, 0.25) is 0 Å². The summed E-state index contributed by atoms with van der Waals surface area (Å²) in [6, 6.07) is 33.5. The van der Waals surface area contributed by atoms with Gasteiger partial charge in [0.1, 0.15) is 11.1 Å². The molecule has 0 N–H and O–H groups in total. The van der Waals surface area contributed by atoms with Crippen molar-refractivity contribution in [1.82, 2.24) is 15.0 Å². The van der Waals surface area contributed by atoms with Crippen molar-refractivity contribution in [2.45, 2.75) is 73.6 Å². The summed E-state index contributed by atoms with van der Waals surface area (Å²) in [4.78, 5) is 14.2. The maximum Gasteiger partial charge on any atom is 0.148 e. The minimum absolute atomic E-state index is 0. The van der Waals surface area contributed by atoms with E-state index in [2.05, 4.69) is 113 Å². The van der Waals surface area contributed by atoms with Crippen LogP contribution in [0.5, 0.6) is 0 Å². The summed E-state index contributed by atoms with van der Waals surface area (Å²) < 4.78 is 16.6. The fourth-order valence-electron chi connectivity index (χ4n) is 6.43. The summed E-state index contributed by atoms with van der Waals surface area (Å²) >= 11 is 1.73. The summed E-state index contributed by atoms with van der Waals surface area (Å²) in [5, 5.41) is 3.18. The SMILES string of the molecule is Cc1c[c-]c(-c2ccc(C)cn2)cc1.[2H]C(C)(C)c1cnc(-c2[c-]ccc3c2oc2c3ccc3sc(C(C)(C)C)nc32)cc1-c1c(C)cccc1C.[Ir]. The molecule has 0 saturated heterocycles. The third-order valence-corrected chi connectivity index (χ3v) is 10.7. The number of furan rings is 1. The van der Waals surface area contributed by atoms with Crippen LogP contribution in [0.3, 0.4) is 0 Å². The van der Waals surface area contributed by atoms with Crippen LogP contribution < -0.4 is 0 Å². The number of aryl methyl sites for hydroxylation is 4. The van der Waals surface area contributed by atoms with Crippen LogP contribution in [0.25, 0.3) is 65.8 Å². The van der Waals surface area contributed by atoms with Crippen molar-refractivity contribution in [3.8, 4) is 33.6 Å². The van der Waals surface area contributed by atoms with Crippen molar-refractivity contribution in [2.75, 3.05) is 0 Å². The van der Waals surface area contributed by atoms with Crippen LogP contribution in [0.1, 0.15) is 74.7 Å². The van der Waals surface area contributed by atoms with Gasteiger partial charge in [-0.2, -0.15) is 0 Å². The minimum Gasteiger partial charge on any atom is -0.498 e. The van der Waals surface area contributed by atoms with E-state index < -0.39 is 5.89 Å². The van der Waals surface area contributed by atoms with Gasteiger partial charge in [-0.3, -0.25) is 0 Å². The maximum absolute atomic E-state index is 8.83. The first-order valence-corrected chi connectivity index (χ1v) is 18.2. The van der Waals surface area contributed by atoms with E-state index in [1.807, 2.05) is 57.4 Å². The molecule has 8 rings (SSSR count). The van der Waals surface area contributed by atoms with E-state index in [9.17, 15) is 0 Å². The van der Waals surface area contributed by atoms with E-state index in [0.29, 0.717) is 0 Å². The molecule has 0 amide bonds. The number of pyridine rings is 2.